The molecule has 0 aliphatic carbocycles. The number of guanidine groups is 1. The number of nitrogens with two attached hydrogens (primary N) is 1. The lowest BCUT2D eigenvalue weighted by molar-refractivity contribution is -0.0440. The molecule has 88 valence electrons. The van der Waals surface area contributed by atoms with Crippen LogP contribution in [0.3, 0.4) is 0 Å². The number of hydrogen-bond acceptors (Lipinski definition) is 3. The van der Waals surface area contributed by atoms with E-state index < -0.39 is 6.03 Å². The maximum atomic E-state index is 11.2. The zero-order valence-corrected chi connectivity index (χ0v) is 9.08. The monoisotopic (exact) mass is 217 g/mol. The first-order valence-electron chi connectivity index (χ1n) is 4.78. The molecule has 0 spiro atoms. The van der Waals surface area contributed by atoms with Gasteiger partial charge < -0.3 is 16.4 Å². The lowest BCUT2D eigenvalue weighted by Crippen LogP contribution is -2.42. The molecule has 6 N–H and O–H groups in total. The lowest BCUT2D eigenvalue weighted by Gasteiger charge is -2.17. The Morgan fingerprint density at radius 2 is 2.20 bits per heavy atom. The van der Waals surface area contributed by atoms with Crippen LogP contribution < -0.4 is 16.4 Å². The second kappa shape index (κ2) is 6.88. The third kappa shape index (κ3) is 7.56. The number of hydroxylamine groups is 2. The standard InChI is InChI=1S/C8H19N5O2/c1-6(2)12-8(14)13(15)5-3-4-11-7(9)10/h6,15H,3-5H2,1-2H3,(H,12,14)(H4,9,10,11). The highest BCUT2D eigenvalue weighted by molar-refractivity contribution is 5.74. The molecule has 0 saturated heterocycles. The Kier molecular flexibility index (Phi) is 6.19. The normalized spacial score (nSPS) is 9.87. The van der Waals surface area contributed by atoms with Gasteiger partial charge in [-0.15, -0.1) is 0 Å². The Hall–Kier alpha value is -1.50. The van der Waals surface area contributed by atoms with Crippen molar-refractivity contribution in [1.82, 2.24) is 15.7 Å². The highest BCUT2D eigenvalue weighted by atomic mass is 16.5. The zero-order valence-electron chi connectivity index (χ0n) is 9.08. The minimum Gasteiger partial charge on any atom is -0.370 e. The van der Waals surface area contributed by atoms with Gasteiger partial charge in [-0.25, -0.2) is 9.86 Å². The van der Waals surface area contributed by atoms with Crippen molar-refractivity contribution in [3.05, 3.63) is 0 Å². The van der Waals surface area contributed by atoms with E-state index in [0.717, 1.165) is 0 Å². The van der Waals surface area contributed by atoms with Crippen LogP contribution in [0.5, 0.6) is 0 Å². The lowest BCUT2D eigenvalue weighted by atomic mass is 10.4. The number of rotatable bonds is 5. The summed E-state index contributed by atoms with van der Waals surface area (Å²) in [6.07, 6.45) is 0.515. The van der Waals surface area contributed by atoms with Crippen molar-refractivity contribution in [3.63, 3.8) is 0 Å². The van der Waals surface area contributed by atoms with Crippen LogP contribution in [0, 0.1) is 5.41 Å². The van der Waals surface area contributed by atoms with E-state index in [2.05, 4.69) is 10.6 Å². The Labute approximate surface area is 89.1 Å². The minimum absolute atomic E-state index is 0.0116. The summed E-state index contributed by atoms with van der Waals surface area (Å²) >= 11 is 0. The second-order valence-corrected chi connectivity index (χ2v) is 3.42. The highest BCUT2D eigenvalue weighted by Gasteiger charge is 2.10. The smallest absolute Gasteiger partial charge is 0.341 e. The molecule has 0 aromatic carbocycles. The highest BCUT2D eigenvalue weighted by Crippen LogP contribution is 1.89. The maximum Gasteiger partial charge on any atom is 0.341 e. The van der Waals surface area contributed by atoms with Crippen molar-refractivity contribution in [3.8, 4) is 0 Å². The molecule has 0 aliphatic heterocycles. The fourth-order valence-electron chi connectivity index (χ4n) is 0.875. The summed E-state index contributed by atoms with van der Waals surface area (Å²) in [6.45, 7) is 4.26. The molecule has 7 nitrogen and oxygen atoms in total. The second-order valence-electron chi connectivity index (χ2n) is 3.42. The van der Waals surface area contributed by atoms with Gasteiger partial charge in [0.1, 0.15) is 0 Å². The summed E-state index contributed by atoms with van der Waals surface area (Å²) in [6, 6.07) is -0.532. The fraction of sp³-hybridized carbons (Fsp3) is 0.750. The summed E-state index contributed by atoms with van der Waals surface area (Å²) in [4.78, 5) is 11.2. The third-order valence-corrected chi connectivity index (χ3v) is 1.51. The Morgan fingerprint density at radius 3 is 2.67 bits per heavy atom. The number of amides is 2. The van der Waals surface area contributed by atoms with E-state index in [9.17, 15) is 10.0 Å². The average Bonchev–Trinajstić information content (AvgIpc) is 2.10. The molecule has 0 aromatic heterocycles. The van der Waals surface area contributed by atoms with Crippen LogP contribution in [-0.2, 0) is 0 Å². The van der Waals surface area contributed by atoms with E-state index in [1.807, 2.05) is 13.8 Å². The molecule has 0 unspecified atom stereocenters. The summed E-state index contributed by atoms with van der Waals surface area (Å²) in [5.41, 5.74) is 5.05. The maximum absolute atomic E-state index is 11.2. The molecular weight excluding hydrogens is 198 g/mol. The minimum atomic E-state index is -0.521. The zero-order chi connectivity index (χ0) is 11.8. The van der Waals surface area contributed by atoms with Crippen LogP contribution in [0.2, 0.25) is 0 Å². The fourth-order valence-corrected chi connectivity index (χ4v) is 0.875. The van der Waals surface area contributed by atoms with Crippen LogP contribution >= 0.6 is 0 Å². The number of urea groups is 1. The van der Waals surface area contributed by atoms with Gasteiger partial charge in [-0.3, -0.25) is 10.6 Å². The largest absolute Gasteiger partial charge is 0.370 e. The predicted molar refractivity (Wildman–Crippen MR) is 56.7 cm³/mol. The van der Waals surface area contributed by atoms with Crippen LogP contribution in [0.1, 0.15) is 20.3 Å². The third-order valence-electron chi connectivity index (χ3n) is 1.51. The Balaban J connectivity index is 3.60. The molecular formula is C8H19N5O2. The quantitative estimate of drug-likeness (QED) is 0.142. The topological polar surface area (TPSA) is 114 Å². The number of nitrogens with one attached hydrogen (secondary N) is 3. The molecule has 2 amide bonds. The molecule has 0 atom stereocenters. The van der Waals surface area contributed by atoms with Crippen LogP contribution in [0.15, 0.2) is 0 Å². The van der Waals surface area contributed by atoms with Crippen molar-refractivity contribution in [1.29, 1.82) is 5.41 Å². The van der Waals surface area contributed by atoms with Crippen molar-refractivity contribution in [2.75, 3.05) is 13.1 Å². The molecule has 0 saturated carbocycles. The van der Waals surface area contributed by atoms with Crippen molar-refractivity contribution < 1.29 is 10.0 Å². The van der Waals surface area contributed by atoms with Gasteiger partial charge in [-0.05, 0) is 20.3 Å². The molecule has 0 heterocycles. The molecule has 0 aromatic rings. The molecule has 0 rings (SSSR count). The Morgan fingerprint density at radius 1 is 1.60 bits per heavy atom. The van der Waals surface area contributed by atoms with E-state index in [0.29, 0.717) is 18.0 Å². The van der Waals surface area contributed by atoms with Gasteiger partial charge in [-0.1, -0.05) is 0 Å². The molecule has 15 heavy (non-hydrogen) atoms. The van der Waals surface area contributed by atoms with Crippen molar-refractivity contribution >= 4 is 12.0 Å². The van der Waals surface area contributed by atoms with E-state index >= 15 is 0 Å². The summed E-state index contributed by atoms with van der Waals surface area (Å²) in [5, 5.41) is 21.8. The van der Waals surface area contributed by atoms with Gasteiger partial charge in [-0.2, -0.15) is 0 Å². The number of carbonyl (C=O) groups excluding carboxylic acids is 1. The van der Waals surface area contributed by atoms with E-state index in [4.69, 9.17) is 11.1 Å². The van der Waals surface area contributed by atoms with Gasteiger partial charge in [0.15, 0.2) is 5.96 Å². The van der Waals surface area contributed by atoms with Gasteiger partial charge in [0.25, 0.3) is 0 Å². The molecule has 0 radical (unpaired) electrons. The first-order chi connectivity index (χ1) is 6.93. The number of hydrogen-bond donors (Lipinski definition) is 5. The van der Waals surface area contributed by atoms with Crippen molar-refractivity contribution in [2.45, 2.75) is 26.3 Å². The Bertz CT molecular complexity index is 219. The average molecular weight is 217 g/mol. The first kappa shape index (κ1) is 13.5. The summed E-state index contributed by atoms with van der Waals surface area (Å²) in [7, 11) is 0. The SMILES string of the molecule is CC(C)NC(=O)N(O)CCCNC(=N)N. The van der Waals surface area contributed by atoms with Gasteiger partial charge in [0, 0.05) is 12.6 Å². The van der Waals surface area contributed by atoms with E-state index in [1.54, 1.807) is 0 Å². The molecule has 0 aliphatic rings. The van der Waals surface area contributed by atoms with E-state index in [-0.39, 0.29) is 18.5 Å². The summed E-state index contributed by atoms with van der Waals surface area (Å²) < 4.78 is 0. The van der Waals surface area contributed by atoms with Gasteiger partial charge >= 0.3 is 6.03 Å². The van der Waals surface area contributed by atoms with Crippen LogP contribution in [0.4, 0.5) is 4.79 Å². The van der Waals surface area contributed by atoms with Crippen LogP contribution in [0.25, 0.3) is 0 Å². The number of carbonyl (C=O) groups is 1. The molecule has 0 fully saturated rings. The molecule has 0 bridgehead atoms. The van der Waals surface area contributed by atoms with E-state index in [1.165, 1.54) is 0 Å². The molecule has 7 heteroatoms. The summed E-state index contributed by atoms with van der Waals surface area (Å²) in [5.74, 6) is -0.119. The predicted octanol–water partition coefficient (Wildman–Crippen LogP) is -0.331. The van der Waals surface area contributed by atoms with Crippen LogP contribution in [-0.4, -0.2) is 41.4 Å². The number of nitrogens with zero attached hydrogens (tertiary/aromatic N) is 1. The van der Waals surface area contributed by atoms with Crippen molar-refractivity contribution in [2.24, 2.45) is 5.73 Å². The van der Waals surface area contributed by atoms with Gasteiger partial charge in [0.05, 0.1) is 6.54 Å². The van der Waals surface area contributed by atoms with Gasteiger partial charge in [0.2, 0.25) is 0 Å². The first-order valence-corrected chi connectivity index (χ1v) is 4.78.